The van der Waals surface area contributed by atoms with Gasteiger partial charge in [-0.15, -0.1) is 0 Å². The highest BCUT2D eigenvalue weighted by Crippen LogP contribution is 2.26. The molecule has 1 aromatic carbocycles. The first kappa shape index (κ1) is 16.7. The molecule has 1 aromatic heterocycles. The number of amides is 1. The summed E-state index contributed by atoms with van der Waals surface area (Å²) in [5, 5.41) is 7.36. The van der Waals surface area contributed by atoms with Crippen LogP contribution in [0.2, 0.25) is 0 Å². The van der Waals surface area contributed by atoms with Crippen molar-refractivity contribution in [3.05, 3.63) is 42.1 Å². The maximum atomic E-state index is 12.6. The van der Waals surface area contributed by atoms with Crippen molar-refractivity contribution in [2.24, 2.45) is 11.7 Å². The van der Waals surface area contributed by atoms with Crippen molar-refractivity contribution < 1.29 is 4.79 Å². The summed E-state index contributed by atoms with van der Waals surface area (Å²) in [6, 6.07) is 11.6. The fourth-order valence-electron chi connectivity index (χ4n) is 3.48. The van der Waals surface area contributed by atoms with Crippen molar-refractivity contribution in [2.45, 2.75) is 44.7 Å². The molecule has 0 bridgehead atoms. The van der Waals surface area contributed by atoms with E-state index in [0.717, 1.165) is 29.8 Å². The number of hydrogen-bond acceptors (Lipinski definition) is 3. The maximum absolute atomic E-state index is 12.6. The van der Waals surface area contributed by atoms with E-state index in [-0.39, 0.29) is 11.9 Å². The minimum Gasteiger partial charge on any atom is -0.339 e. The Bertz CT molecular complexity index is 661. The molecule has 24 heavy (non-hydrogen) atoms. The molecule has 0 saturated heterocycles. The highest BCUT2D eigenvalue weighted by atomic mass is 16.2. The molecule has 2 aromatic rings. The molecule has 0 unspecified atom stereocenters. The molecule has 0 aliphatic heterocycles. The zero-order valence-corrected chi connectivity index (χ0v) is 14.2. The Morgan fingerprint density at radius 3 is 2.71 bits per heavy atom. The van der Waals surface area contributed by atoms with Crippen molar-refractivity contribution >= 4 is 5.91 Å². The number of aromatic amines is 1. The molecule has 1 heterocycles. The van der Waals surface area contributed by atoms with Crippen LogP contribution >= 0.6 is 0 Å². The van der Waals surface area contributed by atoms with Gasteiger partial charge in [-0.25, -0.2) is 0 Å². The molecule has 1 aliphatic rings. The normalized spacial score (nSPS) is 16.8. The smallest absolute Gasteiger partial charge is 0.239 e. The Balaban J connectivity index is 1.61. The van der Waals surface area contributed by atoms with E-state index in [2.05, 4.69) is 10.2 Å². The molecule has 1 saturated carbocycles. The predicted octanol–water partition coefficient (Wildman–Crippen LogP) is 2.94. The van der Waals surface area contributed by atoms with Crippen molar-refractivity contribution in [3.63, 3.8) is 0 Å². The lowest BCUT2D eigenvalue weighted by atomic mass is 9.84. The minimum atomic E-state index is -0.383. The van der Waals surface area contributed by atoms with E-state index in [9.17, 15) is 4.79 Å². The molecule has 5 heteroatoms. The monoisotopic (exact) mass is 326 g/mol. The van der Waals surface area contributed by atoms with Gasteiger partial charge in [-0.1, -0.05) is 49.6 Å². The number of carbonyl (C=O) groups excluding carboxylic acids is 1. The van der Waals surface area contributed by atoms with Crippen molar-refractivity contribution in [2.75, 3.05) is 7.05 Å². The van der Waals surface area contributed by atoms with E-state index in [4.69, 9.17) is 5.73 Å². The topological polar surface area (TPSA) is 75.0 Å². The number of benzene rings is 1. The van der Waals surface area contributed by atoms with Crippen LogP contribution in [0.4, 0.5) is 0 Å². The molecule has 1 atom stereocenters. The number of hydrogen-bond donors (Lipinski definition) is 2. The minimum absolute atomic E-state index is 0.0257. The lowest BCUT2D eigenvalue weighted by Crippen LogP contribution is -2.46. The molecular weight excluding hydrogens is 300 g/mol. The summed E-state index contributed by atoms with van der Waals surface area (Å²) in [6.07, 6.45) is 5.79. The van der Waals surface area contributed by atoms with E-state index >= 15 is 0 Å². The van der Waals surface area contributed by atoms with E-state index < -0.39 is 0 Å². The van der Waals surface area contributed by atoms with Crippen LogP contribution in [0.5, 0.6) is 0 Å². The lowest BCUT2D eigenvalue weighted by Gasteiger charge is -2.29. The van der Waals surface area contributed by atoms with Crippen LogP contribution in [0.3, 0.4) is 0 Å². The lowest BCUT2D eigenvalue weighted by molar-refractivity contribution is -0.133. The average Bonchev–Trinajstić information content (AvgIpc) is 3.10. The number of likely N-dealkylation sites (N-methyl/N-ethyl adjacent to an activating group) is 1. The third-order valence-electron chi connectivity index (χ3n) is 4.93. The van der Waals surface area contributed by atoms with Gasteiger partial charge in [-0.3, -0.25) is 9.89 Å². The fourth-order valence-corrected chi connectivity index (χ4v) is 3.48. The van der Waals surface area contributed by atoms with Crippen LogP contribution in [-0.4, -0.2) is 34.1 Å². The van der Waals surface area contributed by atoms with Gasteiger partial charge in [0.2, 0.25) is 5.91 Å². The van der Waals surface area contributed by atoms with Gasteiger partial charge in [-0.2, -0.15) is 5.10 Å². The summed E-state index contributed by atoms with van der Waals surface area (Å²) in [7, 11) is 1.81. The van der Waals surface area contributed by atoms with E-state index in [0.29, 0.717) is 12.5 Å². The molecule has 5 nitrogen and oxygen atoms in total. The van der Waals surface area contributed by atoms with Gasteiger partial charge in [0.25, 0.3) is 0 Å². The number of nitrogens with one attached hydrogen (secondary N) is 1. The van der Waals surface area contributed by atoms with Gasteiger partial charge < -0.3 is 10.6 Å². The standard InChI is InChI=1S/C19H26N4O/c1-23(19(24)18(20)15-10-6-3-7-11-15)13-16-12-17(22-21-16)14-8-4-2-5-9-14/h2,4-5,8-9,12,15,18H,3,6-7,10-11,13,20H2,1H3,(H,21,22)/t18-/m1/s1. The molecule has 0 radical (unpaired) electrons. The van der Waals surface area contributed by atoms with Crippen LogP contribution in [0.1, 0.15) is 37.8 Å². The van der Waals surface area contributed by atoms with Crippen LogP contribution in [-0.2, 0) is 11.3 Å². The number of aromatic nitrogens is 2. The van der Waals surface area contributed by atoms with Crippen LogP contribution < -0.4 is 5.73 Å². The zero-order chi connectivity index (χ0) is 16.9. The predicted molar refractivity (Wildman–Crippen MR) is 95.0 cm³/mol. The fraction of sp³-hybridized carbons (Fsp3) is 0.474. The Morgan fingerprint density at radius 1 is 1.29 bits per heavy atom. The van der Waals surface area contributed by atoms with E-state index in [1.54, 1.807) is 4.90 Å². The summed E-state index contributed by atoms with van der Waals surface area (Å²) in [5.41, 5.74) is 9.10. The first-order valence-electron chi connectivity index (χ1n) is 8.75. The molecule has 0 spiro atoms. The third kappa shape index (κ3) is 3.85. The molecule has 128 valence electrons. The van der Waals surface area contributed by atoms with E-state index in [1.807, 2.05) is 43.4 Å². The molecule has 1 amide bonds. The van der Waals surface area contributed by atoms with Gasteiger partial charge in [0.05, 0.1) is 24.0 Å². The Hall–Kier alpha value is -2.14. The summed E-state index contributed by atoms with van der Waals surface area (Å²) in [5.74, 6) is 0.355. The van der Waals surface area contributed by atoms with E-state index in [1.165, 1.54) is 19.3 Å². The van der Waals surface area contributed by atoms with Crippen molar-refractivity contribution in [3.8, 4) is 11.3 Å². The maximum Gasteiger partial charge on any atom is 0.239 e. The van der Waals surface area contributed by atoms with Crippen LogP contribution in [0, 0.1) is 5.92 Å². The summed E-state index contributed by atoms with van der Waals surface area (Å²) in [6.45, 7) is 0.499. The highest BCUT2D eigenvalue weighted by Gasteiger charge is 2.28. The third-order valence-corrected chi connectivity index (χ3v) is 4.93. The zero-order valence-electron chi connectivity index (χ0n) is 14.2. The number of nitrogens with two attached hydrogens (primary N) is 1. The Kier molecular flexibility index (Phi) is 5.30. The summed E-state index contributed by atoms with van der Waals surface area (Å²) < 4.78 is 0. The number of carbonyl (C=O) groups is 1. The quantitative estimate of drug-likeness (QED) is 0.887. The molecule has 3 N–H and O–H groups in total. The second-order valence-electron chi connectivity index (χ2n) is 6.76. The number of rotatable bonds is 5. The Labute approximate surface area is 143 Å². The SMILES string of the molecule is CN(Cc1cc(-c2ccccc2)n[nH]1)C(=O)[C@H](N)C1CCCCC1. The first-order chi connectivity index (χ1) is 11.6. The molecule has 3 rings (SSSR count). The molecule has 1 aliphatic carbocycles. The second-order valence-corrected chi connectivity index (χ2v) is 6.76. The highest BCUT2D eigenvalue weighted by molar-refractivity contribution is 5.81. The summed E-state index contributed by atoms with van der Waals surface area (Å²) in [4.78, 5) is 14.3. The first-order valence-corrected chi connectivity index (χ1v) is 8.75. The summed E-state index contributed by atoms with van der Waals surface area (Å²) >= 11 is 0. The number of H-pyrrole nitrogens is 1. The van der Waals surface area contributed by atoms with Crippen LogP contribution in [0.15, 0.2) is 36.4 Å². The number of nitrogens with zero attached hydrogens (tertiary/aromatic N) is 2. The van der Waals surface area contributed by atoms with Crippen molar-refractivity contribution in [1.82, 2.24) is 15.1 Å². The van der Waals surface area contributed by atoms with Gasteiger partial charge >= 0.3 is 0 Å². The van der Waals surface area contributed by atoms with Gasteiger partial charge in [0.1, 0.15) is 0 Å². The van der Waals surface area contributed by atoms with Gasteiger partial charge in [0.15, 0.2) is 0 Å². The second kappa shape index (κ2) is 7.62. The molecule has 1 fully saturated rings. The average molecular weight is 326 g/mol. The van der Waals surface area contributed by atoms with Crippen molar-refractivity contribution in [1.29, 1.82) is 0 Å². The van der Waals surface area contributed by atoms with Crippen LogP contribution in [0.25, 0.3) is 11.3 Å². The largest absolute Gasteiger partial charge is 0.339 e. The van der Waals surface area contributed by atoms with Gasteiger partial charge in [0, 0.05) is 12.6 Å². The Morgan fingerprint density at radius 2 is 2.00 bits per heavy atom. The molecular formula is C19H26N4O. The van der Waals surface area contributed by atoms with Gasteiger partial charge in [-0.05, 0) is 24.8 Å².